The van der Waals surface area contributed by atoms with Crippen molar-refractivity contribution in [1.29, 1.82) is 0 Å². The van der Waals surface area contributed by atoms with Gasteiger partial charge in [0.15, 0.2) is 5.78 Å². The lowest BCUT2D eigenvalue weighted by molar-refractivity contribution is -0.0260. The molecule has 1 amide bonds. The largest absolute Gasteiger partial charge is 0.447 e. The summed E-state index contributed by atoms with van der Waals surface area (Å²) in [5.41, 5.74) is 1.30. The molecule has 1 aliphatic heterocycles. The van der Waals surface area contributed by atoms with Gasteiger partial charge in [-0.3, -0.25) is 10.1 Å². The molecule has 4 rings (SSSR count). The Bertz CT molecular complexity index is 1240. The molecule has 3 aromatic rings. The number of ketones is 1. The van der Waals surface area contributed by atoms with Gasteiger partial charge < -0.3 is 14.7 Å². The first-order chi connectivity index (χ1) is 19.0. The van der Waals surface area contributed by atoms with Crippen molar-refractivity contribution >= 4 is 40.8 Å². The van der Waals surface area contributed by atoms with Gasteiger partial charge in [-0.05, 0) is 99.8 Å². The minimum absolute atomic E-state index is 0.0414. The number of anilines is 1. The van der Waals surface area contributed by atoms with Crippen LogP contribution in [0.2, 0.25) is 10.0 Å². The number of likely N-dealkylation sites (tertiary alicyclic amines) is 1. The van der Waals surface area contributed by atoms with E-state index in [0.29, 0.717) is 40.6 Å². The molecule has 6 nitrogen and oxygen atoms in total. The topological polar surface area (TPSA) is 78.9 Å². The second kappa shape index (κ2) is 15.1. The molecular weight excluding hydrogens is 554 g/mol. The van der Waals surface area contributed by atoms with Crippen LogP contribution in [0.25, 0.3) is 0 Å². The summed E-state index contributed by atoms with van der Waals surface area (Å²) in [6, 6.07) is 20.0. The number of Topliss-reactive ketones (excluding diaryl/α,β-unsaturated/α-hetero) is 1. The molecule has 1 aliphatic rings. The predicted octanol–water partition coefficient (Wildman–Crippen LogP) is 7.72. The molecule has 0 spiro atoms. The predicted molar refractivity (Wildman–Crippen MR) is 158 cm³/mol. The maximum absolute atomic E-state index is 12.9. The number of hydrogen-bond donors (Lipinski definition) is 2. The number of piperidine rings is 1. The Morgan fingerprint density at radius 2 is 1.65 bits per heavy atom. The molecule has 40 heavy (non-hydrogen) atoms. The van der Waals surface area contributed by atoms with Crippen LogP contribution in [0.3, 0.4) is 0 Å². The fourth-order valence-corrected chi connectivity index (χ4v) is 4.68. The lowest BCUT2D eigenvalue weighted by Crippen LogP contribution is -2.42. The molecule has 3 aromatic carbocycles. The van der Waals surface area contributed by atoms with E-state index in [9.17, 15) is 19.1 Å². The summed E-state index contributed by atoms with van der Waals surface area (Å²) in [6.07, 6.45) is 1.94. The summed E-state index contributed by atoms with van der Waals surface area (Å²) in [5, 5.41) is 14.7. The highest BCUT2D eigenvalue weighted by molar-refractivity contribution is 6.31. The number of ether oxygens (including phenoxy) is 1. The molecule has 214 valence electrons. The van der Waals surface area contributed by atoms with Gasteiger partial charge in [-0.1, -0.05) is 41.4 Å². The van der Waals surface area contributed by atoms with E-state index in [4.69, 9.17) is 27.9 Å². The molecule has 1 fully saturated rings. The normalized spacial score (nSPS) is 14.7. The summed E-state index contributed by atoms with van der Waals surface area (Å²) < 4.78 is 17.8. The number of hydrogen-bond acceptors (Lipinski definition) is 5. The molecule has 0 saturated carbocycles. The number of nitrogens with one attached hydrogen (secondary N) is 1. The number of aliphatic hydroxyl groups is 1. The van der Waals surface area contributed by atoms with Crippen molar-refractivity contribution in [2.24, 2.45) is 0 Å². The van der Waals surface area contributed by atoms with Gasteiger partial charge in [-0.15, -0.1) is 0 Å². The molecule has 1 saturated heterocycles. The van der Waals surface area contributed by atoms with Crippen LogP contribution >= 0.6 is 23.2 Å². The maximum Gasteiger partial charge on any atom is 0.411 e. The Balaban J connectivity index is 0.000000267. The van der Waals surface area contributed by atoms with Gasteiger partial charge in [0.25, 0.3) is 0 Å². The van der Waals surface area contributed by atoms with Crippen molar-refractivity contribution in [3.05, 3.63) is 99.8 Å². The van der Waals surface area contributed by atoms with Crippen molar-refractivity contribution in [3.8, 4) is 0 Å². The number of amides is 1. The fourth-order valence-electron chi connectivity index (χ4n) is 4.37. The quantitative estimate of drug-likeness (QED) is 0.263. The van der Waals surface area contributed by atoms with E-state index in [2.05, 4.69) is 10.2 Å². The molecule has 2 N–H and O–H groups in total. The standard InChI is InChI=1S/C21H23ClFNO2.C10H12ClNO2/c22-18-7-5-17(6-8-18)21(26)11-14-24(15-12-21)13-1-2-20(25)16-3-9-19(23)10-4-16;1-7(2)14-10(13)12-9-5-3-4-8(11)6-9/h3-10,26H,1-2,11-15H2;3-7H,1-2H3,(H,12,13). The molecule has 0 atom stereocenters. The third-order valence-electron chi connectivity index (χ3n) is 6.52. The summed E-state index contributed by atoms with van der Waals surface area (Å²) >= 11 is 11.7. The summed E-state index contributed by atoms with van der Waals surface area (Å²) in [7, 11) is 0. The first-order valence-corrected chi connectivity index (χ1v) is 14.0. The van der Waals surface area contributed by atoms with Crippen molar-refractivity contribution in [2.75, 3.05) is 25.0 Å². The van der Waals surface area contributed by atoms with Crippen LogP contribution in [0, 0.1) is 5.82 Å². The van der Waals surface area contributed by atoms with Crippen molar-refractivity contribution < 1.29 is 23.8 Å². The van der Waals surface area contributed by atoms with Gasteiger partial charge in [0.05, 0.1) is 11.7 Å². The minimum atomic E-state index is -0.801. The highest BCUT2D eigenvalue weighted by Gasteiger charge is 2.33. The molecule has 0 radical (unpaired) electrons. The van der Waals surface area contributed by atoms with Gasteiger partial charge in [0, 0.05) is 40.8 Å². The Hall–Kier alpha value is -2.97. The molecular formula is C31H35Cl2FN2O4. The number of benzene rings is 3. The average molecular weight is 590 g/mol. The average Bonchev–Trinajstić information content (AvgIpc) is 2.90. The number of nitrogens with zero attached hydrogens (tertiary/aromatic N) is 1. The fraction of sp³-hybridized carbons (Fsp3) is 0.355. The highest BCUT2D eigenvalue weighted by atomic mass is 35.5. The van der Waals surface area contributed by atoms with Crippen LogP contribution in [-0.4, -0.2) is 47.6 Å². The number of carbonyl (C=O) groups is 2. The van der Waals surface area contributed by atoms with E-state index in [1.54, 1.807) is 38.1 Å². The Morgan fingerprint density at radius 3 is 2.25 bits per heavy atom. The smallest absolute Gasteiger partial charge is 0.411 e. The number of halogens is 3. The van der Waals surface area contributed by atoms with Gasteiger partial charge in [-0.2, -0.15) is 0 Å². The van der Waals surface area contributed by atoms with Crippen molar-refractivity contribution in [3.63, 3.8) is 0 Å². The summed E-state index contributed by atoms with van der Waals surface area (Å²) in [4.78, 5) is 25.6. The highest BCUT2D eigenvalue weighted by Crippen LogP contribution is 2.33. The first kappa shape index (κ1) is 31.6. The van der Waals surface area contributed by atoms with Gasteiger partial charge >= 0.3 is 6.09 Å². The number of carbonyl (C=O) groups excluding carboxylic acids is 2. The second-order valence-corrected chi connectivity index (χ2v) is 10.9. The Kier molecular flexibility index (Phi) is 11.9. The van der Waals surface area contributed by atoms with Crippen LogP contribution in [0.15, 0.2) is 72.8 Å². The van der Waals surface area contributed by atoms with Crippen LogP contribution < -0.4 is 5.32 Å². The lowest BCUT2D eigenvalue weighted by atomic mass is 9.84. The third kappa shape index (κ3) is 10.2. The zero-order chi connectivity index (χ0) is 29.1. The number of rotatable bonds is 8. The first-order valence-electron chi connectivity index (χ1n) is 13.3. The van der Waals surface area contributed by atoms with Crippen molar-refractivity contribution in [1.82, 2.24) is 4.90 Å². The van der Waals surface area contributed by atoms with Crippen LogP contribution in [0.5, 0.6) is 0 Å². The van der Waals surface area contributed by atoms with E-state index >= 15 is 0 Å². The Labute approximate surface area is 245 Å². The third-order valence-corrected chi connectivity index (χ3v) is 7.01. The molecule has 0 unspecified atom stereocenters. The van der Waals surface area contributed by atoms with Crippen LogP contribution in [-0.2, 0) is 10.3 Å². The van der Waals surface area contributed by atoms with Gasteiger partial charge in [0.2, 0.25) is 0 Å². The summed E-state index contributed by atoms with van der Waals surface area (Å²) in [6.45, 7) is 5.99. The zero-order valence-corrected chi connectivity index (χ0v) is 24.2. The van der Waals surface area contributed by atoms with E-state index < -0.39 is 11.7 Å². The molecule has 0 bridgehead atoms. The van der Waals surface area contributed by atoms with E-state index in [1.165, 1.54) is 24.3 Å². The lowest BCUT2D eigenvalue weighted by Gasteiger charge is -2.38. The zero-order valence-electron chi connectivity index (χ0n) is 22.7. The second-order valence-electron chi connectivity index (χ2n) is 10.0. The molecule has 0 aliphatic carbocycles. The van der Waals surface area contributed by atoms with Gasteiger partial charge in [0.1, 0.15) is 5.82 Å². The Morgan fingerprint density at radius 1 is 1.00 bits per heavy atom. The monoisotopic (exact) mass is 588 g/mol. The van der Waals surface area contributed by atoms with Crippen LogP contribution in [0.1, 0.15) is 55.5 Å². The molecule has 0 aromatic heterocycles. The van der Waals surface area contributed by atoms with Crippen molar-refractivity contribution in [2.45, 2.75) is 51.2 Å². The summed E-state index contributed by atoms with van der Waals surface area (Å²) in [5.74, 6) is -0.289. The van der Waals surface area contributed by atoms with Crippen LogP contribution in [0.4, 0.5) is 14.9 Å². The van der Waals surface area contributed by atoms with E-state index in [1.807, 2.05) is 24.3 Å². The van der Waals surface area contributed by atoms with Gasteiger partial charge in [-0.25, -0.2) is 9.18 Å². The van der Waals surface area contributed by atoms with E-state index in [0.717, 1.165) is 31.6 Å². The maximum atomic E-state index is 12.9. The molecule has 1 heterocycles. The SMILES string of the molecule is CC(C)OC(=O)Nc1cccc(Cl)c1.O=C(CCCN1CCC(O)(c2ccc(Cl)cc2)CC1)c1ccc(F)cc1. The molecule has 9 heteroatoms. The van der Waals surface area contributed by atoms with E-state index in [-0.39, 0.29) is 17.7 Å². The minimum Gasteiger partial charge on any atom is -0.447 e.